The molecule has 0 aliphatic rings. The van der Waals surface area contributed by atoms with E-state index in [1.165, 1.54) is 6.20 Å². The summed E-state index contributed by atoms with van der Waals surface area (Å²) in [5.74, 6) is 6.13. The molecule has 1 aromatic carbocycles. The number of aromatic nitrogens is 1. The summed E-state index contributed by atoms with van der Waals surface area (Å²) in [5.41, 5.74) is 3.51. The molecule has 104 valence electrons. The van der Waals surface area contributed by atoms with E-state index in [4.69, 9.17) is 10.6 Å². The lowest BCUT2D eigenvalue weighted by atomic mass is 10.2. The lowest BCUT2D eigenvalue weighted by Gasteiger charge is -2.08. The maximum absolute atomic E-state index is 12.1. The van der Waals surface area contributed by atoms with Gasteiger partial charge in [-0.2, -0.15) is 0 Å². The van der Waals surface area contributed by atoms with Gasteiger partial charge in [0.25, 0.3) is 5.91 Å². The van der Waals surface area contributed by atoms with Crippen LogP contribution in [0.15, 0.2) is 41.0 Å². The van der Waals surface area contributed by atoms with Crippen LogP contribution in [-0.4, -0.2) is 18.0 Å². The van der Waals surface area contributed by atoms with Crippen molar-refractivity contribution in [1.29, 1.82) is 0 Å². The van der Waals surface area contributed by atoms with Crippen molar-refractivity contribution in [2.45, 2.75) is 0 Å². The molecular weight excluding hydrogens is 324 g/mol. The second-order valence-electron chi connectivity index (χ2n) is 3.88. The van der Waals surface area contributed by atoms with Crippen LogP contribution in [0.5, 0.6) is 5.75 Å². The van der Waals surface area contributed by atoms with Crippen molar-refractivity contribution in [3.8, 4) is 5.75 Å². The van der Waals surface area contributed by atoms with E-state index in [2.05, 4.69) is 31.7 Å². The van der Waals surface area contributed by atoms with Crippen LogP contribution in [0.2, 0.25) is 0 Å². The number of hydrogen-bond acceptors (Lipinski definition) is 5. The van der Waals surface area contributed by atoms with E-state index >= 15 is 0 Å². The van der Waals surface area contributed by atoms with Gasteiger partial charge in [-0.1, -0.05) is 0 Å². The Bertz CT molecular complexity index is 634. The number of carbonyl (C=O) groups excluding carboxylic acids is 1. The van der Waals surface area contributed by atoms with E-state index in [9.17, 15) is 4.79 Å². The number of nitrogens with one attached hydrogen (secondary N) is 2. The van der Waals surface area contributed by atoms with Crippen molar-refractivity contribution < 1.29 is 9.53 Å². The molecule has 0 atom stereocenters. The molecule has 2 rings (SSSR count). The van der Waals surface area contributed by atoms with E-state index in [0.29, 0.717) is 22.8 Å². The number of hydrazine groups is 1. The smallest absolute Gasteiger partial charge is 0.255 e. The van der Waals surface area contributed by atoms with Crippen molar-refractivity contribution in [1.82, 2.24) is 4.98 Å². The number of methoxy groups -OCH3 is 1. The molecule has 0 spiro atoms. The first kappa shape index (κ1) is 14.3. The van der Waals surface area contributed by atoms with Crippen LogP contribution in [0, 0.1) is 0 Å². The molecule has 0 aliphatic carbocycles. The van der Waals surface area contributed by atoms with E-state index < -0.39 is 0 Å². The van der Waals surface area contributed by atoms with E-state index in [-0.39, 0.29) is 5.91 Å². The molecule has 1 amide bonds. The third kappa shape index (κ3) is 3.25. The summed E-state index contributed by atoms with van der Waals surface area (Å²) in [6, 6.07) is 8.45. The van der Waals surface area contributed by atoms with Gasteiger partial charge < -0.3 is 15.5 Å². The average molecular weight is 337 g/mol. The van der Waals surface area contributed by atoms with E-state index in [1.807, 2.05) is 0 Å². The molecule has 20 heavy (non-hydrogen) atoms. The Labute approximate surface area is 124 Å². The summed E-state index contributed by atoms with van der Waals surface area (Å²) < 4.78 is 5.89. The maximum Gasteiger partial charge on any atom is 0.255 e. The van der Waals surface area contributed by atoms with Crippen LogP contribution in [0.25, 0.3) is 0 Å². The predicted molar refractivity (Wildman–Crippen MR) is 80.7 cm³/mol. The zero-order valence-corrected chi connectivity index (χ0v) is 12.3. The van der Waals surface area contributed by atoms with E-state index in [1.54, 1.807) is 37.4 Å². The standard InChI is InChI=1S/C13H13BrN4O2/c1-20-11-3-2-9(7-10(11)14)17-13(19)8-4-5-16-12(6-8)18-15/h2-7H,15H2,1H3,(H,16,18)(H,17,19). The Morgan fingerprint density at radius 3 is 2.80 bits per heavy atom. The van der Waals surface area contributed by atoms with Gasteiger partial charge in [0, 0.05) is 17.4 Å². The highest BCUT2D eigenvalue weighted by Crippen LogP contribution is 2.27. The molecule has 7 heteroatoms. The van der Waals surface area contributed by atoms with Gasteiger partial charge >= 0.3 is 0 Å². The number of halogens is 1. The molecule has 0 saturated carbocycles. The lowest BCUT2D eigenvalue weighted by molar-refractivity contribution is 0.102. The summed E-state index contributed by atoms with van der Waals surface area (Å²) >= 11 is 3.36. The van der Waals surface area contributed by atoms with Crippen molar-refractivity contribution in [2.24, 2.45) is 5.84 Å². The number of nitrogens with two attached hydrogens (primary N) is 1. The minimum atomic E-state index is -0.249. The molecule has 0 aliphatic heterocycles. The third-order valence-corrected chi connectivity index (χ3v) is 3.20. The highest BCUT2D eigenvalue weighted by Gasteiger charge is 2.08. The van der Waals surface area contributed by atoms with Gasteiger partial charge in [0.05, 0.1) is 11.6 Å². The number of anilines is 2. The second kappa shape index (κ2) is 6.36. The van der Waals surface area contributed by atoms with Gasteiger partial charge in [-0.15, -0.1) is 0 Å². The highest BCUT2D eigenvalue weighted by molar-refractivity contribution is 9.10. The second-order valence-corrected chi connectivity index (χ2v) is 4.73. The number of carbonyl (C=O) groups is 1. The monoisotopic (exact) mass is 336 g/mol. The van der Waals surface area contributed by atoms with E-state index in [0.717, 1.165) is 4.47 Å². The number of hydrogen-bond donors (Lipinski definition) is 3. The molecule has 0 unspecified atom stereocenters. The van der Waals surface area contributed by atoms with Crippen LogP contribution in [0.3, 0.4) is 0 Å². The largest absolute Gasteiger partial charge is 0.496 e. The number of benzene rings is 1. The zero-order chi connectivity index (χ0) is 14.5. The maximum atomic E-state index is 12.1. The zero-order valence-electron chi connectivity index (χ0n) is 10.7. The van der Waals surface area contributed by atoms with Crippen molar-refractivity contribution in [3.63, 3.8) is 0 Å². The topological polar surface area (TPSA) is 89.3 Å². The SMILES string of the molecule is COc1ccc(NC(=O)c2ccnc(NN)c2)cc1Br. The minimum Gasteiger partial charge on any atom is -0.496 e. The Balaban J connectivity index is 2.16. The first-order valence-corrected chi connectivity index (χ1v) is 6.51. The first-order valence-electron chi connectivity index (χ1n) is 5.71. The molecule has 4 N–H and O–H groups in total. The van der Waals surface area contributed by atoms with Gasteiger partial charge in [0.2, 0.25) is 0 Å². The molecule has 1 aromatic heterocycles. The fourth-order valence-electron chi connectivity index (χ4n) is 1.60. The van der Waals surface area contributed by atoms with Crippen LogP contribution in [-0.2, 0) is 0 Å². The number of nitrogens with zero attached hydrogens (tertiary/aromatic N) is 1. The summed E-state index contributed by atoms with van der Waals surface area (Å²) in [5, 5.41) is 2.78. The van der Waals surface area contributed by atoms with Crippen molar-refractivity contribution >= 4 is 33.3 Å². The number of rotatable bonds is 4. The predicted octanol–water partition coefficient (Wildman–Crippen LogP) is 2.39. The van der Waals surface area contributed by atoms with Gasteiger partial charge in [0.15, 0.2) is 0 Å². The first-order chi connectivity index (χ1) is 9.63. The van der Waals surface area contributed by atoms with Crippen LogP contribution >= 0.6 is 15.9 Å². The third-order valence-electron chi connectivity index (χ3n) is 2.58. The van der Waals surface area contributed by atoms with Crippen LogP contribution < -0.4 is 21.3 Å². The lowest BCUT2D eigenvalue weighted by Crippen LogP contribution is -2.14. The van der Waals surface area contributed by atoms with Crippen molar-refractivity contribution in [3.05, 3.63) is 46.6 Å². The summed E-state index contributed by atoms with van der Waals surface area (Å²) in [6.45, 7) is 0. The Kier molecular flexibility index (Phi) is 4.54. The molecular formula is C13H13BrN4O2. The van der Waals surface area contributed by atoms with Crippen LogP contribution in [0.1, 0.15) is 10.4 Å². The molecule has 0 saturated heterocycles. The average Bonchev–Trinajstić information content (AvgIpc) is 2.47. The van der Waals surface area contributed by atoms with Crippen molar-refractivity contribution in [2.75, 3.05) is 17.9 Å². The number of ether oxygens (including phenoxy) is 1. The Morgan fingerprint density at radius 1 is 1.35 bits per heavy atom. The molecule has 2 aromatic rings. The fourth-order valence-corrected chi connectivity index (χ4v) is 2.14. The quantitative estimate of drug-likeness (QED) is 0.589. The number of amides is 1. The molecule has 0 fully saturated rings. The summed E-state index contributed by atoms with van der Waals surface area (Å²) in [6.07, 6.45) is 1.51. The molecule has 0 radical (unpaired) electrons. The minimum absolute atomic E-state index is 0.249. The molecule has 0 bridgehead atoms. The summed E-state index contributed by atoms with van der Waals surface area (Å²) in [4.78, 5) is 16.0. The van der Waals surface area contributed by atoms with Gasteiger partial charge in [-0.25, -0.2) is 10.8 Å². The van der Waals surface area contributed by atoms with Crippen LogP contribution in [0.4, 0.5) is 11.5 Å². The summed E-state index contributed by atoms with van der Waals surface area (Å²) in [7, 11) is 1.58. The Hall–Kier alpha value is -2.12. The fraction of sp³-hybridized carbons (Fsp3) is 0.0769. The normalized spacial score (nSPS) is 9.95. The number of pyridine rings is 1. The molecule has 1 heterocycles. The molecule has 6 nitrogen and oxygen atoms in total. The number of nitrogen functional groups attached to an aromatic ring is 1. The van der Waals surface area contributed by atoms with Gasteiger partial charge in [0.1, 0.15) is 11.6 Å². The van der Waals surface area contributed by atoms with Gasteiger partial charge in [-0.05, 0) is 46.3 Å². The highest BCUT2D eigenvalue weighted by atomic mass is 79.9. The Morgan fingerprint density at radius 2 is 2.15 bits per heavy atom. The van der Waals surface area contributed by atoms with Gasteiger partial charge in [-0.3, -0.25) is 4.79 Å².